The van der Waals surface area contributed by atoms with Gasteiger partial charge in [0.1, 0.15) is 5.75 Å². The highest BCUT2D eigenvalue weighted by Gasteiger charge is 2.26. The van der Waals surface area contributed by atoms with Gasteiger partial charge in [-0.1, -0.05) is 15.9 Å². The predicted molar refractivity (Wildman–Crippen MR) is 83.6 cm³/mol. The highest BCUT2D eigenvalue weighted by atomic mass is 79.9. The average molecular weight is 358 g/mol. The van der Waals surface area contributed by atoms with Gasteiger partial charge in [-0.2, -0.15) is 0 Å². The Kier molecular flexibility index (Phi) is 6.02. The topological polar surface area (TPSA) is 48.0 Å². The first kappa shape index (κ1) is 16.3. The molecule has 1 aliphatic rings. The van der Waals surface area contributed by atoms with Crippen molar-refractivity contribution in [1.29, 1.82) is 0 Å². The van der Waals surface area contributed by atoms with Crippen LogP contribution in [0.5, 0.6) is 5.75 Å². The lowest BCUT2D eigenvalue weighted by atomic mass is 10.2. The number of hydrogen-bond acceptors (Lipinski definition) is 4. The monoisotopic (exact) mass is 357 g/mol. The van der Waals surface area contributed by atoms with Gasteiger partial charge in [0.05, 0.1) is 5.69 Å². The van der Waals surface area contributed by atoms with Crippen LogP contribution in [0.25, 0.3) is 0 Å². The average Bonchev–Trinajstić information content (AvgIpc) is 2.46. The molecule has 0 unspecified atom stereocenters. The lowest BCUT2D eigenvalue weighted by Gasteiger charge is -2.30. The van der Waals surface area contributed by atoms with E-state index in [0.717, 1.165) is 15.9 Å². The summed E-state index contributed by atoms with van der Waals surface area (Å²) >= 11 is 3.42. The summed E-state index contributed by atoms with van der Waals surface area (Å²) in [5, 5.41) is 0. The SMILES string of the molecule is CCOC(CCN1C(=O)COc2ccc(Br)cc21)OCC. The summed E-state index contributed by atoms with van der Waals surface area (Å²) in [4.78, 5) is 13.8. The lowest BCUT2D eigenvalue weighted by molar-refractivity contribution is -0.139. The Morgan fingerprint density at radius 1 is 1.33 bits per heavy atom. The molecule has 21 heavy (non-hydrogen) atoms. The van der Waals surface area contributed by atoms with Gasteiger partial charge in [-0.25, -0.2) is 0 Å². The smallest absolute Gasteiger partial charge is 0.265 e. The molecule has 1 amide bonds. The second-order valence-electron chi connectivity index (χ2n) is 4.58. The van der Waals surface area contributed by atoms with Gasteiger partial charge in [-0.05, 0) is 32.0 Å². The molecule has 0 saturated carbocycles. The fourth-order valence-electron chi connectivity index (χ4n) is 2.24. The maximum Gasteiger partial charge on any atom is 0.265 e. The molecule has 2 rings (SSSR count). The third kappa shape index (κ3) is 4.18. The predicted octanol–water partition coefficient (Wildman–Crippen LogP) is 2.96. The van der Waals surface area contributed by atoms with Crippen LogP contribution in [0.15, 0.2) is 22.7 Å². The second-order valence-corrected chi connectivity index (χ2v) is 5.49. The molecule has 1 heterocycles. The van der Waals surface area contributed by atoms with Crippen molar-refractivity contribution in [2.75, 3.05) is 31.3 Å². The number of benzene rings is 1. The van der Waals surface area contributed by atoms with Crippen LogP contribution in [0.4, 0.5) is 5.69 Å². The molecule has 1 aromatic carbocycles. The van der Waals surface area contributed by atoms with Crippen LogP contribution < -0.4 is 9.64 Å². The van der Waals surface area contributed by atoms with E-state index in [2.05, 4.69) is 15.9 Å². The van der Waals surface area contributed by atoms with Crippen molar-refractivity contribution in [3.63, 3.8) is 0 Å². The fourth-order valence-corrected chi connectivity index (χ4v) is 2.59. The van der Waals surface area contributed by atoms with Gasteiger partial charge in [0.2, 0.25) is 0 Å². The highest BCUT2D eigenvalue weighted by Crippen LogP contribution is 2.34. The van der Waals surface area contributed by atoms with Crippen molar-refractivity contribution < 1.29 is 19.0 Å². The molecule has 0 aromatic heterocycles. The van der Waals surface area contributed by atoms with Crippen molar-refractivity contribution in [2.24, 2.45) is 0 Å². The van der Waals surface area contributed by atoms with Crippen LogP contribution in [0.2, 0.25) is 0 Å². The van der Waals surface area contributed by atoms with Gasteiger partial charge in [0.25, 0.3) is 5.91 Å². The molecule has 116 valence electrons. The zero-order chi connectivity index (χ0) is 15.2. The molecule has 0 saturated heterocycles. The number of ether oxygens (including phenoxy) is 3. The molecular weight excluding hydrogens is 338 g/mol. The minimum atomic E-state index is -0.286. The highest BCUT2D eigenvalue weighted by molar-refractivity contribution is 9.10. The third-order valence-corrected chi connectivity index (χ3v) is 3.65. The van der Waals surface area contributed by atoms with E-state index in [1.807, 2.05) is 32.0 Å². The first-order valence-electron chi connectivity index (χ1n) is 7.11. The van der Waals surface area contributed by atoms with Crippen molar-refractivity contribution in [3.05, 3.63) is 22.7 Å². The fraction of sp³-hybridized carbons (Fsp3) is 0.533. The first-order valence-corrected chi connectivity index (χ1v) is 7.91. The van der Waals surface area contributed by atoms with E-state index in [0.29, 0.717) is 26.2 Å². The summed E-state index contributed by atoms with van der Waals surface area (Å²) in [6.45, 7) is 5.64. The molecule has 5 nitrogen and oxygen atoms in total. The van der Waals surface area contributed by atoms with E-state index < -0.39 is 0 Å². The largest absolute Gasteiger partial charge is 0.482 e. The molecule has 6 heteroatoms. The van der Waals surface area contributed by atoms with E-state index in [1.54, 1.807) is 4.90 Å². The van der Waals surface area contributed by atoms with Crippen molar-refractivity contribution >= 4 is 27.5 Å². The minimum absolute atomic E-state index is 0.0488. The van der Waals surface area contributed by atoms with Gasteiger partial charge in [0.15, 0.2) is 12.9 Å². The Morgan fingerprint density at radius 2 is 2.05 bits per heavy atom. The number of amides is 1. The van der Waals surface area contributed by atoms with Gasteiger partial charge in [-0.3, -0.25) is 4.79 Å². The number of carbonyl (C=O) groups is 1. The maximum atomic E-state index is 12.1. The number of nitrogens with zero attached hydrogens (tertiary/aromatic N) is 1. The normalized spacial score (nSPS) is 14.3. The van der Waals surface area contributed by atoms with E-state index in [1.165, 1.54) is 0 Å². The van der Waals surface area contributed by atoms with Gasteiger partial charge < -0.3 is 19.1 Å². The van der Waals surface area contributed by atoms with E-state index in [-0.39, 0.29) is 18.8 Å². The summed E-state index contributed by atoms with van der Waals surface area (Å²) in [6.07, 6.45) is 0.338. The Hall–Kier alpha value is -1.11. The Bertz CT molecular complexity index is 489. The molecule has 1 aromatic rings. The summed E-state index contributed by atoms with van der Waals surface area (Å²) in [7, 11) is 0. The van der Waals surface area contributed by atoms with Crippen LogP contribution >= 0.6 is 15.9 Å². The number of rotatable bonds is 7. The molecule has 0 atom stereocenters. The number of anilines is 1. The van der Waals surface area contributed by atoms with Crippen LogP contribution in [0.1, 0.15) is 20.3 Å². The van der Waals surface area contributed by atoms with Crippen LogP contribution in [-0.4, -0.2) is 38.6 Å². The second kappa shape index (κ2) is 7.77. The Labute approximate surface area is 133 Å². The van der Waals surface area contributed by atoms with Crippen LogP contribution in [0, 0.1) is 0 Å². The summed E-state index contributed by atoms with van der Waals surface area (Å²) in [6, 6.07) is 5.65. The molecule has 0 bridgehead atoms. The van der Waals surface area contributed by atoms with Crippen molar-refractivity contribution in [3.8, 4) is 5.75 Å². The number of fused-ring (bicyclic) bond motifs is 1. The summed E-state index contributed by atoms with van der Waals surface area (Å²) in [5.41, 5.74) is 0.785. The number of halogens is 1. The van der Waals surface area contributed by atoms with Crippen LogP contribution in [-0.2, 0) is 14.3 Å². The molecule has 1 aliphatic heterocycles. The minimum Gasteiger partial charge on any atom is -0.482 e. The Morgan fingerprint density at radius 3 is 2.71 bits per heavy atom. The third-order valence-electron chi connectivity index (χ3n) is 3.16. The number of carbonyl (C=O) groups excluding carboxylic acids is 1. The zero-order valence-corrected chi connectivity index (χ0v) is 13.9. The van der Waals surface area contributed by atoms with Gasteiger partial charge in [0, 0.05) is 30.7 Å². The van der Waals surface area contributed by atoms with E-state index in [9.17, 15) is 4.79 Å². The molecule has 0 N–H and O–H groups in total. The zero-order valence-electron chi connectivity index (χ0n) is 12.3. The Balaban J connectivity index is 2.08. The van der Waals surface area contributed by atoms with Gasteiger partial charge >= 0.3 is 0 Å². The van der Waals surface area contributed by atoms with E-state index in [4.69, 9.17) is 14.2 Å². The van der Waals surface area contributed by atoms with Crippen molar-refractivity contribution in [1.82, 2.24) is 0 Å². The quantitative estimate of drug-likeness (QED) is 0.704. The summed E-state index contributed by atoms with van der Waals surface area (Å²) in [5.74, 6) is 0.675. The lowest BCUT2D eigenvalue weighted by Crippen LogP contribution is -2.40. The molecule has 0 aliphatic carbocycles. The maximum absolute atomic E-state index is 12.1. The number of hydrogen-bond donors (Lipinski definition) is 0. The molecule has 0 spiro atoms. The summed E-state index contributed by atoms with van der Waals surface area (Å²) < 4.78 is 17.4. The molecular formula is C15H20BrNO4. The molecule has 0 fully saturated rings. The van der Waals surface area contributed by atoms with Crippen molar-refractivity contribution in [2.45, 2.75) is 26.6 Å². The molecule has 0 radical (unpaired) electrons. The first-order chi connectivity index (χ1) is 10.2. The van der Waals surface area contributed by atoms with E-state index >= 15 is 0 Å². The van der Waals surface area contributed by atoms with Crippen LogP contribution in [0.3, 0.4) is 0 Å². The standard InChI is InChI=1S/C15H20BrNO4/c1-3-19-15(20-4-2)7-8-17-12-9-11(16)5-6-13(12)21-10-14(17)18/h5-6,9,15H,3-4,7-8,10H2,1-2H3. The van der Waals surface area contributed by atoms with Gasteiger partial charge in [-0.15, -0.1) is 0 Å².